The summed E-state index contributed by atoms with van der Waals surface area (Å²) in [5.74, 6) is 1.79. The van der Waals surface area contributed by atoms with Gasteiger partial charge in [-0.3, -0.25) is 0 Å². The van der Waals surface area contributed by atoms with Gasteiger partial charge >= 0.3 is 0 Å². The molecule has 156 valence electrons. The molecule has 0 unspecified atom stereocenters. The summed E-state index contributed by atoms with van der Waals surface area (Å²) in [5, 5.41) is 0. The lowest BCUT2D eigenvalue weighted by Gasteiger charge is -2.08. The number of hydrogen-bond acceptors (Lipinski definition) is 2. The average Bonchev–Trinajstić information content (AvgIpc) is 2.82. The molecule has 31 heavy (non-hydrogen) atoms. The molecule has 0 radical (unpaired) electrons. The van der Waals surface area contributed by atoms with Gasteiger partial charge in [0.15, 0.2) is 0 Å². The summed E-state index contributed by atoms with van der Waals surface area (Å²) in [7, 11) is 3.39. The number of rotatable bonds is 8. The molecular formula is C29H28O2. The van der Waals surface area contributed by atoms with Gasteiger partial charge in [-0.05, 0) is 76.9 Å². The molecule has 0 aromatic heterocycles. The molecule has 0 aliphatic carbocycles. The summed E-state index contributed by atoms with van der Waals surface area (Å²) in [4.78, 5) is 0. The van der Waals surface area contributed by atoms with Crippen molar-refractivity contribution in [1.29, 1.82) is 0 Å². The highest BCUT2D eigenvalue weighted by Gasteiger charge is 2.02. The predicted molar refractivity (Wildman–Crippen MR) is 127 cm³/mol. The molecule has 4 aromatic rings. The third kappa shape index (κ3) is 5.76. The summed E-state index contributed by atoms with van der Waals surface area (Å²) in [6, 6.07) is 34.5. The second-order valence-corrected chi connectivity index (χ2v) is 7.86. The monoisotopic (exact) mass is 408 g/mol. The van der Waals surface area contributed by atoms with Crippen LogP contribution in [0.1, 0.15) is 33.4 Å². The molecule has 4 rings (SSSR count). The molecule has 0 heterocycles. The summed E-state index contributed by atoms with van der Waals surface area (Å²) < 4.78 is 10.5. The van der Waals surface area contributed by atoms with Crippen molar-refractivity contribution in [3.8, 4) is 11.5 Å². The molecule has 0 saturated carbocycles. The lowest BCUT2D eigenvalue weighted by molar-refractivity contribution is 0.414. The van der Waals surface area contributed by atoms with Gasteiger partial charge in [-0.15, -0.1) is 0 Å². The normalized spacial score (nSPS) is 10.6. The Kier molecular flexibility index (Phi) is 6.68. The summed E-state index contributed by atoms with van der Waals surface area (Å²) in [6.45, 7) is 0. The molecule has 0 spiro atoms. The third-order valence-corrected chi connectivity index (χ3v) is 5.59. The largest absolute Gasteiger partial charge is 0.497 e. The maximum absolute atomic E-state index is 5.23. The highest BCUT2D eigenvalue weighted by molar-refractivity contribution is 5.36. The van der Waals surface area contributed by atoms with E-state index in [2.05, 4.69) is 72.8 Å². The van der Waals surface area contributed by atoms with Crippen LogP contribution in [-0.2, 0) is 19.3 Å². The zero-order valence-electron chi connectivity index (χ0n) is 18.2. The quantitative estimate of drug-likeness (QED) is 0.332. The minimum atomic E-state index is 0.897. The number of benzene rings is 4. The zero-order chi connectivity index (χ0) is 21.5. The fraction of sp³-hybridized carbons (Fsp3) is 0.172. The van der Waals surface area contributed by atoms with Crippen molar-refractivity contribution in [3.63, 3.8) is 0 Å². The van der Waals surface area contributed by atoms with E-state index in [0.717, 1.165) is 30.8 Å². The molecule has 0 aliphatic rings. The fourth-order valence-electron chi connectivity index (χ4n) is 3.74. The first-order valence-electron chi connectivity index (χ1n) is 10.6. The SMILES string of the molecule is COc1ccc(Cc2ccc(Cc3ccc(Cc4ccc(OC)cc4)cc3)cc2)cc1. The smallest absolute Gasteiger partial charge is 0.118 e. The topological polar surface area (TPSA) is 18.5 Å². The van der Waals surface area contributed by atoms with Gasteiger partial charge in [0.1, 0.15) is 11.5 Å². The Morgan fingerprint density at radius 2 is 0.548 bits per heavy atom. The van der Waals surface area contributed by atoms with E-state index in [1.165, 1.54) is 33.4 Å². The van der Waals surface area contributed by atoms with Crippen LogP contribution in [0.15, 0.2) is 97.1 Å². The molecule has 0 aliphatic heterocycles. The Hall–Kier alpha value is -3.52. The van der Waals surface area contributed by atoms with Crippen LogP contribution in [0.25, 0.3) is 0 Å². The van der Waals surface area contributed by atoms with Gasteiger partial charge in [-0.2, -0.15) is 0 Å². The third-order valence-electron chi connectivity index (χ3n) is 5.59. The Bertz CT molecular complexity index is 987. The number of hydrogen-bond donors (Lipinski definition) is 0. The van der Waals surface area contributed by atoms with E-state index in [1.54, 1.807) is 14.2 Å². The number of methoxy groups -OCH3 is 2. The van der Waals surface area contributed by atoms with Crippen molar-refractivity contribution in [1.82, 2.24) is 0 Å². The molecular weight excluding hydrogens is 380 g/mol. The van der Waals surface area contributed by atoms with E-state index in [4.69, 9.17) is 9.47 Å². The van der Waals surface area contributed by atoms with Crippen molar-refractivity contribution in [2.24, 2.45) is 0 Å². The Balaban J connectivity index is 1.34. The van der Waals surface area contributed by atoms with E-state index >= 15 is 0 Å². The van der Waals surface area contributed by atoms with E-state index in [1.807, 2.05) is 24.3 Å². The molecule has 0 bridgehead atoms. The maximum atomic E-state index is 5.23. The highest BCUT2D eigenvalue weighted by Crippen LogP contribution is 2.18. The lowest BCUT2D eigenvalue weighted by Crippen LogP contribution is -1.93. The Morgan fingerprint density at radius 1 is 0.355 bits per heavy atom. The Labute approximate surface area is 185 Å². The zero-order valence-corrected chi connectivity index (χ0v) is 18.2. The van der Waals surface area contributed by atoms with E-state index in [-0.39, 0.29) is 0 Å². The van der Waals surface area contributed by atoms with E-state index < -0.39 is 0 Å². The van der Waals surface area contributed by atoms with Crippen molar-refractivity contribution >= 4 is 0 Å². The molecule has 4 aromatic carbocycles. The first-order valence-corrected chi connectivity index (χ1v) is 10.6. The van der Waals surface area contributed by atoms with Crippen molar-refractivity contribution < 1.29 is 9.47 Å². The van der Waals surface area contributed by atoms with Crippen LogP contribution in [-0.4, -0.2) is 14.2 Å². The van der Waals surface area contributed by atoms with Crippen LogP contribution in [0, 0.1) is 0 Å². The molecule has 0 atom stereocenters. The van der Waals surface area contributed by atoms with Crippen molar-refractivity contribution in [3.05, 3.63) is 130 Å². The van der Waals surface area contributed by atoms with Crippen molar-refractivity contribution in [2.45, 2.75) is 19.3 Å². The summed E-state index contributed by atoms with van der Waals surface area (Å²) in [5.41, 5.74) is 7.90. The van der Waals surface area contributed by atoms with E-state index in [0.29, 0.717) is 0 Å². The molecule has 0 saturated heterocycles. The van der Waals surface area contributed by atoms with E-state index in [9.17, 15) is 0 Å². The van der Waals surface area contributed by atoms with Crippen molar-refractivity contribution in [2.75, 3.05) is 14.2 Å². The molecule has 0 N–H and O–H groups in total. The molecule has 0 amide bonds. The Morgan fingerprint density at radius 3 is 0.742 bits per heavy atom. The summed E-state index contributed by atoms with van der Waals surface area (Å²) in [6.07, 6.45) is 2.82. The van der Waals surface area contributed by atoms with Gasteiger partial charge in [-0.1, -0.05) is 72.8 Å². The van der Waals surface area contributed by atoms with Gasteiger partial charge < -0.3 is 9.47 Å². The summed E-state index contributed by atoms with van der Waals surface area (Å²) >= 11 is 0. The molecule has 2 nitrogen and oxygen atoms in total. The first kappa shape index (κ1) is 20.7. The minimum absolute atomic E-state index is 0.897. The molecule has 2 heteroatoms. The standard InChI is InChI=1S/C29H28O2/c1-30-28-15-11-26(12-16-28)20-24-7-3-22(4-8-24)19-23-5-9-25(10-6-23)21-27-13-17-29(31-2)18-14-27/h3-18H,19-21H2,1-2H3. The number of ether oxygens (including phenoxy) is 2. The van der Waals surface area contributed by atoms with Crippen LogP contribution < -0.4 is 9.47 Å². The van der Waals surface area contributed by atoms with Crippen LogP contribution in [0.2, 0.25) is 0 Å². The van der Waals surface area contributed by atoms with Crippen LogP contribution >= 0.6 is 0 Å². The second kappa shape index (κ2) is 9.99. The van der Waals surface area contributed by atoms with Gasteiger partial charge in [0.2, 0.25) is 0 Å². The van der Waals surface area contributed by atoms with Gasteiger partial charge in [0.25, 0.3) is 0 Å². The van der Waals surface area contributed by atoms with Crippen LogP contribution in [0.4, 0.5) is 0 Å². The van der Waals surface area contributed by atoms with Gasteiger partial charge in [-0.25, -0.2) is 0 Å². The maximum Gasteiger partial charge on any atom is 0.118 e. The second-order valence-electron chi connectivity index (χ2n) is 7.86. The van der Waals surface area contributed by atoms with Crippen LogP contribution in [0.3, 0.4) is 0 Å². The minimum Gasteiger partial charge on any atom is -0.497 e. The van der Waals surface area contributed by atoms with Gasteiger partial charge in [0, 0.05) is 0 Å². The van der Waals surface area contributed by atoms with Crippen LogP contribution in [0.5, 0.6) is 11.5 Å². The predicted octanol–water partition coefficient (Wildman–Crippen LogP) is 6.48. The lowest BCUT2D eigenvalue weighted by atomic mass is 9.98. The highest BCUT2D eigenvalue weighted by atomic mass is 16.5. The fourth-order valence-corrected chi connectivity index (χ4v) is 3.74. The van der Waals surface area contributed by atoms with Gasteiger partial charge in [0.05, 0.1) is 14.2 Å². The average molecular weight is 409 g/mol. The first-order chi connectivity index (χ1) is 15.2. The molecule has 0 fully saturated rings.